The average Bonchev–Trinajstić information content (AvgIpc) is 2.45. The Morgan fingerprint density at radius 1 is 1.43 bits per heavy atom. The van der Waals surface area contributed by atoms with Crippen LogP contribution in [-0.2, 0) is 11.3 Å². The summed E-state index contributed by atoms with van der Waals surface area (Å²) in [5.41, 5.74) is 1.39. The molecule has 0 aliphatic rings. The average molecular weight is 294 g/mol. The van der Waals surface area contributed by atoms with Gasteiger partial charge in [-0.3, -0.25) is 14.9 Å². The van der Waals surface area contributed by atoms with Crippen molar-refractivity contribution in [3.63, 3.8) is 0 Å². The zero-order valence-electron chi connectivity index (χ0n) is 12.8. The molecule has 1 amide bonds. The maximum absolute atomic E-state index is 11.5. The van der Waals surface area contributed by atoms with Crippen LogP contribution in [0.2, 0.25) is 0 Å². The fourth-order valence-corrected chi connectivity index (χ4v) is 2.21. The van der Waals surface area contributed by atoms with Crippen molar-refractivity contribution in [3.05, 3.63) is 33.9 Å². The van der Waals surface area contributed by atoms with Crippen molar-refractivity contribution in [1.29, 1.82) is 0 Å². The van der Waals surface area contributed by atoms with Crippen molar-refractivity contribution in [2.24, 2.45) is 5.92 Å². The molecule has 0 aliphatic carbocycles. The van der Waals surface area contributed by atoms with Crippen LogP contribution in [0.3, 0.4) is 0 Å². The second kappa shape index (κ2) is 7.58. The molecule has 1 atom stereocenters. The molecule has 0 aliphatic heterocycles. The number of rotatable bonds is 7. The largest absolute Gasteiger partial charge is 0.383 e. The second-order valence-corrected chi connectivity index (χ2v) is 5.07. The second-order valence-electron chi connectivity index (χ2n) is 5.07. The van der Waals surface area contributed by atoms with Gasteiger partial charge in [-0.05, 0) is 18.7 Å². The highest BCUT2D eigenvalue weighted by Gasteiger charge is 2.16. The molecular weight excluding hydrogens is 272 g/mol. The summed E-state index contributed by atoms with van der Waals surface area (Å²) in [4.78, 5) is 24.1. The maximum Gasteiger partial charge on any atom is 0.292 e. The van der Waals surface area contributed by atoms with Gasteiger partial charge in [0.25, 0.3) is 5.69 Å². The summed E-state index contributed by atoms with van der Waals surface area (Å²) in [5.74, 6) is -0.148. The Morgan fingerprint density at radius 2 is 2.10 bits per heavy atom. The monoisotopic (exact) mass is 294 g/mol. The minimum atomic E-state index is -0.400. The van der Waals surface area contributed by atoms with Gasteiger partial charge < -0.3 is 15.5 Å². The number of nitro benzene ring substituents is 1. The molecule has 0 saturated heterocycles. The predicted octanol–water partition coefficient (Wildman–Crippen LogP) is 1.45. The number of nitrogens with zero attached hydrogens (tertiary/aromatic N) is 2. The SMILES string of the molecule is CNC(=O)C(C)CN(C)Cc1ccc(NC)c([N+](=O)[O-])c1. The summed E-state index contributed by atoms with van der Waals surface area (Å²) >= 11 is 0. The molecule has 116 valence electrons. The Bertz CT molecular complexity index is 519. The third kappa shape index (κ3) is 4.71. The molecular formula is C14H22N4O3. The summed E-state index contributed by atoms with van der Waals surface area (Å²) in [6.45, 7) is 2.98. The van der Waals surface area contributed by atoms with Gasteiger partial charge in [-0.1, -0.05) is 13.0 Å². The van der Waals surface area contributed by atoms with Crippen molar-refractivity contribution in [2.75, 3.05) is 33.0 Å². The fraction of sp³-hybridized carbons (Fsp3) is 0.500. The van der Waals surface area contributed by atoms with Gasteiger partial charge in [0, 0.05) is 39.2 Å². The summed E-state index contributed by atoms with van der Waals surface area (Å²) in [6.07, 6.45) is 0. The molecule has 7 nitrogen and oxygen atoms in total. The Hall–Kier alpha value is -2.15. The van der Waals surface area contributed by atoms with Gasteiger partial charge in [0.1, 0.15) is 5.69 Å². The molecule has 1 unspecified atom stereocenters. The van der Waals surface area contributed by atoms with Gasteiger partial charge in [-0.2, -0.15) is 0 Å². The van der Waals surface area contributed by atoms with Gasteiger partial charge in [-0.15, -0.1) is 0 Å². The number of nitrogens with one attached hydrogen (secondary N) is 2. The van der Waals surface area contributed by atoms with Gasteiger partial charge in [0.05, 0.1) is 4.92 Å². The van der Waals surface area contributed by atoms with Crippen molar-refractivity contribution in [2.45, 2.75) is 13.5 Å². The van der Waals surface area contributed by atoms with E-state index in [0.717, 1.165) is 5.56 Å². The van der Waals surface area contributed by atoms with E-state index in [1.54, 1.807) is 26.2 Å². The van der Waals surface area contributed by atoms with Crippen LogP contribution in [0, 0.1) is 16.0 Å². The van der Waals surface area contributed by atoms with Crippen molar-refractivity contribution >= 4 is 17.3 Å². The van der Waals surface area contributed by atoms with Crippen LogP contribution >= 0.6 is 0 Å². The van der Waals surface area contributed by atoms with E-state index in [-0.39, 0.29) is 17.5 Å². The van der Waals surface area contributed by atoms with Crippen LogP contribution in [0.5, 0.6) is 0 Å². The Balaban J connectivity index is 2.76. The maximum atomic E-state index is 11.5. The summed E-state index contributed by atoms with van der Waals surface area (Å²) < 4.78 is 0. The molecule has 0 bridgehead atoms. The zero-order chi connectivity index (χ0) is 16.0. The number of amides is 1. The summed E-state index contributed by atoms with van der Waals surface area (Å²) in [6, 6.07) is 5.11. The number of benzene rings is 1. The van der Waals surface area contributed by atoms with E-state index in [1.807, 2.05) is 24.9 Å². The lowest BCUT2D eigenvalue weighted by Gasteiger charge is -2.20. The third-order valence-corrected chi connectivity index (χ3v) is 3.26. The molecule has 1 aromatic rings. The summed E-state index contributed by atoms with van der Waals surface area (Å²) in [7, 11) is 5.15. The molecule has 21 heavy (non-hydrogen) atoms. The first-order valence-corrected chi connectivity index (χ1v) is 6.74. The topological polar surface area (TPSA) is 87.5 Å². The van der Waals surface area contributed by atoms with Gasteiger partial charge in [-0.25, -0.2) is 0 Å². The van der Waals surface area contributed by atoms with E-state index < -0.39 is 4.92 Å². The van der Waals surface area contributed by atoms with Gasteiger partial charge >= 0.3 is 0 Å². The van der Waals surface area contributed by atoms with Crippen molar-refractivity contribution in [1.82, 2.24) is 10.2 Å². The predicted molar refractivity (Wildman–Crippen MR) is 82.2 cm³/mol. The number of carbonyl (C=O) groups is 1. The molecule has 1 rings (SSSR count). The van der Waals surface area contributed by atoms with Gasteiger partial charge in [0.15, 0.2) is 0 Å². The molecule has 0 fully saturated rings. The van der Waals surface area contributed by atoms with E-state index in [4.69, 9.17) is 0 Å². The Kier molecular flexibility index (Phi) is 6.10. The molecule has 0 heterocycles. The highest BCUT2D eigenvalue weighted by Crippen LogP contribution is 2.25. The highest BCUT2D eigenvalue weighted by atomic mass is 16.6. The van der Waals surface area contributed by atoms with E-state index >= 15 is 0 Å². The zero-order valence-corrected chi connectivity index (χ0v) is 12.8. The standard InChI is InChI=1S/C14H22N4O3/c1-10(14(19)16-3)8-17(4)9-11-5-6-12(15-2)13(7-11)18(20)21/h5-7,10,15H,8-9H2,1-4H3,(H,16,19). The Morgan fingerprint density at radius 3 is 2.62 bits per heavy atom. The first-order chi connectivity index (χ1) is 9.88. The smallest absolute Gasteiger partial charge is 0.292 e. The molecule has 7 heteroatoms. The van der Waals surface area contributed by atoms with E-state index in [0.29, 0.717) is 18.8 Å². The molecule has 0 spiro atoms. The van der Waals surface area contributed by atoms with Crippen LogP contribution in [0.4, 0.5) is 11.4 Å². The lowest BCUT2D eigenvalue weighted by Crippen LogP contribution is -2.34. The minimum Gasteiger partial charge on any atom is -0.383 e. The highest BCUT2D eigenvalue weighted by molar-refractivity contribution is 5.78. The fourth-order valence-electron chi connectivity index (χ4n) is 2.21. The lowest BCUT2D eigenvalue weighted by atomic mass is 10.1. The molecule has 1 aromatic carbocycles. The Labute approximate surface area is 124 Å². The normalized spacial score (nSPS) is 12.0. The summed E-state index contributed by atoms with van der Waals surface area (Å²) in [5, 5.41) is 16.4. The van der Waals surface area contributed by atoms with Crippen molar-refractivity contribution < 1.29 is 9.72 Å². The van der Waals surface area contributed by atoms with E-state index in [9.17, 15) is 14.9 Å². The minimum absolute atomic E-state index is 0.0154. The van der Waals surface area contributed by atoms with Gasteiger partial charge in [0.2, 0.25) is 5.91 Å². The quantitative estimate of drug-likeness (QED) is 0.587. The number of hydrogen-bond acceptors (Lipinski definition) is 5. The van der Waals surface area contributed by atoms with Crippen LogP contribution in [-0.4, -0.2) is 43.4 Å². The number of hydrogen-bond donors (Lipinski definition) is 2. The molecule has 0 aromatic heterocycles. The number of nitro groups is 1. The van der Waals surface area contributed by atoms with Crippen LogP contribution < -0.4 is 10.6 Å². The lowest BCUT2D eigenvalue weighted by molar-refractivity contribution is -0.384. The van der Waals surface area contributed by atoms with Crippen LogP contribution in [0.25, 0.3) is 0 Å². The van der Waals surface area contributed by atoms with Crippen molar-refractivity contribution in [3.8, 4) is 0 Å². The first-order valence-electron chi connectivity index (χ1n) is 6.74. The van der Waals surface area contributed by atoms with E-state index in [2.05, 4.69) is 10.6 Å². The number of anilines is 1. The van der Waals surface area contributed by atoms with Crippen LogP contribution in [0.15, 0.2) is 18.2 Å². The molecule has 2 N–H and O–H groups in total. The van der Waals surface area contributed by atoms with Crippen LogP contribution in [0.1, 0.15) is 12.5 Å². The third-order valence-electron chi connectivity index (χ3n) is 3.26. The molecule has 0 saturated carbocycles. The first kappa shape index (κ1) is 16.9. The number of carbonyl (C=O) groups excluding carboxylic acids is 1. The van der Waals surface area contributed by atoms with E-state index in [1.165, 1.54) is 0 Å². The molecule has 0 radical (unpaired) electrons.